The maximum Gasteiger partial charge on any atom is 0.306 e. The maximum atomic E-state index is 13.3. The molecule has 0 amide bonds. The third kappa shape index (κ3) is 11.2. The first-order valence-electron chi connectivity index (χ1n) is 21.9. The normalized spacial score (nSPS) is 25.9. The fourth-order valence-electron chi connectivity index (χ4n) is 10.2. The van der Waals surface area contributed by atoms with Gasteiger partial charge in [0.25, 0.3) is 0 Å². The van der Waals surface area contributed by atoms with Crippen LogP contribution in [0.4, 0.5) is 0 Å². The summed E-state index contributed by atoms with van der Waals surface area (Å²) in [4.78, 5) is 13.3. The molecule has 300 valence electrons. The minimum Gasteiger partial charge on any atom is -0.458 e. The summed E-state index contributed by atoms with van der Waals surface area (Å²) in [5.74, 6) is 0.374. The van der Waals surface area contributed by atoms with E-state index in [-0.39, 0.29) is 35.3 Å². The monoisotopic (exact) mass is 775 g/mol. The van der Waals surface area contributed by atoms with Crippen LogP contribution in [0, 0.1) is 11.3 Å². The predicted octanol–water partition coefficient (Wildman–Crippen LogP) is 13.5. The zero-order chi connectivity index (χ0) is 38.8. The highest BCUT2D eigenvalue weighted by Gasteiger charge is 2.47. The molecule has 52 heavy (non-hydrogen) atoms. The lowest BCUT2D eigenvalue weighted by molar-refractivity contribution is -0.148. The van der Waals surface area contributed by atoms with E-state index in [1.54, 1.807) is 5.57 Å². The van der Waals surface area contributed by atoms with Crippen LogP contribution in [0.25, 0.3) is 0 Å². The van der Waals surface area contributed by atoms with Gasteiger partial charge in [-0.2, -0.15) is 0 Å². The lowest BCUT2D eigenvalue weighted by Crippen LogP contribution is -2.46. The molecule has 0 radical (unpaired) electrons. The van der Waals surface area contributed by atoms with Gasteiger partial charge in [-0.3, -0.25) is 4.79 Å². The number of hydrogen-bond acceptors (Lipinski definition) is 5. The van der Waals surface area contributed by atoms with Crippen LogP contribution in [0.2, 0.25) is 54.4 Å². The van der Waals surface area contributed by atoms with Crippen molar-refractivity contribution in [2.75, 3.05) is 0 Å². The first kappa shape index (κ1) is 45.6. The summed E-state index contributed by atoms with van der Waals surface area (Å²) in [6, 6.07) is 10.5. The van der Waals surface area contributed by atoms with E-state index in [0.29, 0.717) is 18.8 Å². The topological polar surface area (TPSA) is 54.0 Å². The first-order valence-corrected chi connectivity index (χ1v) is 29.5. The van der Waals surface area contributed by atoms with Crippen LogP contribution in [0.3, 0.4) is 0 Å². The molecule has 5 atom stereocenters. The van der Waals surface area contributed by atoms with Crippen molar-refractivity contribution in [3.63, 3.8) is 0 Å². The molecule has 0 aromatic rings. The molecule has 0 aliphatic heterocycles. The van der Waals surface area contributed by atoms with Gasteiger partial charge in [0.15, 0.2) is 25.0 Å². The minimum absolute atomic E-state index is 0.0340. The second-order valence-electron chi connectivity index (χ2n) is 17.6. The SMILES string of the molecule is CC[Si](CC)(CC)O[C@@H]1CC(=CC=C2CCC[C@]3(C)C([C@H](C)OC(=O)CCC(C)(C)O[Si](CC)(CC)CC)=CC[C@@H]23)C[C@@H](O[Si](CC)(CC)CC)C1. The van der Waals surface area contributed by atoms with Gasteiger partial charge in [-0.15, -0.1) is 0 Å². The fraction of sp³-hybridized carbons (Fsp3) is 0.841. The number of esters is 1. The van der Waals surface area contributed by atoms with Crippen LogP contribution in [-0.4, -0.2) is 54.8 Å². The fourth-order valence-corrected chi connectivity index (χ4v) is 19.2. The number of carbonyl (C=O) groups excluding carboxylic acids is 1. The highest BCUT2D eigenvalue weighted by Crippen LogP contribution is 2.56. The van der Waals surface area contributed by atoms with Crippen molar-refractivity contribution in [2.24, 2.45) is 11.3 Å². The van der Waals surface area contributed by atoms with Crippen LogP contribution in [0.5, 0.6) is 0 Å². The van der Waals surface area contributed by atoms with Crippen LogP contribution < -0.4 is 0 Å². The molecule has 0 aromatic carbocycles. The second kappa shape index (κ2) is 19.9. The van der Waals surface area contributed by atoms with Gasteiger partial charge in [-0.25, -0.2) is 0 Å². The summed E-state index contributed by atoms with van der Waals surface area (Å²) < 4.78 is 27.3. The highest BCUT2D eigenvalue weighted by molar-refractivity contribution is 6.74. The predicted molar refractivity (Wildman–Crippen MR) is 229 cm³/mol. The van der Waals surface area contributed by atoms with Crippen LogP contribution in [-0.2, 0) is 22.8 Å². The second-order valence-corrected chi connectivity index (χ2v) is 31.8. The summed E-state index contributed by atoms with van der Waals surface area (Å²) in [5.41, 5.74) is 4.13. The lowest BCUT2D eigenvalue weighted by Gasteiger charge is -2.42. The molecule has 0 spiro atoms. The standard InChI is InChI=1S/C44H82O5Si3/c1-14-50(15-2,16-3)47-38-32-36(33-39(34-38)48-51(17-4,18-5)19-6)25-26-37-24-23-30-44(13)40(27-28-41(37)44)35(10)46-42(45)29-31-43(11,12)49-52(20-7,21-8)22-9/h25-27,35,38-39,41H,14-24,28-34H2,1-13H3/t35-,38+,39+,41-,44+/m0/s1. The molecule has 0 saturated heterocycles. The van der Waals surface area contributed by atoms with Gasteiger partial charge in [0.05, 0.1) is 17.8 Å². The zero-order valence-electron chi connectivity index (χ0n) is 36.3. The van der Waals surface area contributed by atoms with E-state index in [0.717, 1.165) is 56.7 Å². The smallest absolute Gasteiger partial charge is 0.306 e. The van der Waals surface area contributed by atoms with Crippen LogP contribution >= 0.6 is 0 Å². The Morgan fingerprint density at radius 2 is 1.33 bits per heavy atom. The zero-order valence-corrected chi connectivity index (χ0v) is 39.3. The molecule has 5 nitrogen and oxygen atoms in total. The van der Waals surface area contributed by atoms with E-state index in [2.05, 4.69) is 108 Å². The molecule has 2 fully saturated rings. The van der Waals surface area contributed by atoms with Crippen molar-refractivity contribution in [2.45, 2.75) is 226 Å². The summed E-state index contributed by atoms with van der Waals surface area (Å²) in [6.07, 6.45) is 16.5. The third-order valence-corrected chi connectivity index (χ3v) is 28.7. The van der Waals surface area contributed by atoms with Gasteiger partial charge in [0, 0.05) is 6.42 Å². The van der Waals surface area contributed by atoms with Gasteiger partial charge in [0.2, 0.25) is 0 Å². The van der Waals surface area contributed by atoms with Crippen LogP contribution in [0.15, 0.2) is 34.9 Å². The van der Waals surface area contributed by atoms with Crippen molar-refractivity contribution >= 4 is 30.9 Å². The average Bonchev–Trinajstić information content (AvgIpc) is 3.51. The molecule has 3 aliphatic rings. The van der Waals surface area contributed by atoms with Gasteiger partial charge < -0.3 is 18.0 Å². The molecule has 0 N–H and O–H groups in total. The lowest BCUT2D eigenvalue weighted by atomic mass is 9.63. The van der Waals surface area contributed by atoms with E-state index < -0.39 is 25.0 Å². The van der Waals surface area contributed by atoms with Crippen molar-refractivity contribution < 1.29 is 22.8 Å². The summed E-state index contributed by atoms with van der Waals surface area (Å²) in [6.45, 7) is 29.7. The molecule has 0 heterocycles. The highest BCUT2D eigenvalue weighted by atomic mass is 28.4. The van der Waals surface area contributed by atoms with Gasteiger partial charge in [0.1, 0.15) is 6.10 Å². The third-order valence-electron chi connectivity index (χ3n) is 14.5. The van der Waals surface area contributed by atoms with Gasteiger partial charge in [-0.05, 0) is 143 Å². The Morgan fingerprint density at radius 3 is 1.81 bits per heavy atom. The quantitative estimate of drug-likeness (QED) is 0.0660. The summed E-state index contributed by atoms with van der Waals surface area (Å²) >= 11 is 0. The Balaban J connectivity index is 1.74. The van der Waals surface area contributed by atoms with E-state index in [4.69, 9.17) is 18.0 Å². The molecule has 0 aromatic heterocycles. The number of hydrogen-bond donors (Lipinski definition) is 0. The number of allylic oxidation sites excluding steroid dienone is 4. The Hall–Kier alpha value is -0.779. The van der Waals surface area contributed by atoms with Gasteiger partial charge in [-0.1, -0.05) is 98.6 Å². The Kier molecular flexibility index (Phi) is 17.4. The molecular formula is C44H82O5Si3. The largest absolute Gasteiger partial charge is 0.458 e. The number of rotatable bonds is 21. The van der Waals surface area contributed by atoms with Crippen molar-refractivity contribution in [1.82, 2.24) is 0 Å². The molecule has 0 bridgehead atoms. The molecule has 8 heteroatoms. The average molecular weight is 775 g/mol. The van der Waals surface area contributed by atoms with Crippen molar-refractivity contribution in [3.05, 3.63) is 34.9 Å². The summed E-state index contributed by atoms with van der Waals surface area (Å²) in [5, 5.41) is 0. The minimum atomic E-state index is -1.75. The summed E-state index contributed by atoms with van der Waals surface area (Å²) in [7, 11) is -5.20. The molecule has 3 aliphatic carbocycles. The molecule has 3 rings (SSSR count). The number of carbonyl (C=O) groups is 1. The van der Waals surface area contributed by atoms with E-state index in [1.807, 2.05) is 0 Å². The van der Waals surface area contributed by atoms with E-state index in [9.17, 15) is 4.79 Å². The Morgan fingerprint density at radius 1 is 0.827 bits per heavy atom. The molecule has 0 unspecified atom stereocenters. The maximum absolute atomic E-state index is 13.3. The van der Waals surface area contributed by atoms with Crippen molar-refractivity contribution in [3.8, 4) is 0 Å². The Bertz CT molecular complexity index is 1170. The van der Waals surface area contributed by atoms with Gasteiger partial charge >= 0.3 is 5.97 Å². The number of fused-ring (bicyclic) bond motifs is 1. The Labute approximate surface area is 324 Å². The first-order chi connectivity index (χ1) is 24.6. The molecule has 2 saturated carbocycles. The van der Waals surface area contributed by atoms with E-state index >= 15 is 0 Å². The van der Waals surface area contributed by atoms with Crippen LogP contribution in [0.1, 0.15) is 148 Å². The molecular weight excluding hydrogens is 693 g/mol. The van der Waals surface area contributed by atoms with E-state index in [1.165, 1.54) is 53.8 Å². The van der Waals surface area contributed by atoms with Crippen molar-refractivity contribution in [1.29, 1.82) is 0 Å². The number of ether oxygens (including phenoxy) is 1.